The van der Waals surface area contributed by atoms with Crippen molar-refractivity contribution in [3.8, 4) is 0 Å². The monoisotopic (exact) mass is 770 g/mol. The minimum atomic E-state index is -4.38. The maximum atomic E-state index is 12.5. The zero-order valence-electron chi connectivity index (χ0n) is 34.0. The van der Waals surface area contributed by atoms with Crippen LogP contribution in [0, 0.1) is 0 Å². The van der Waals surface area contributed by atoms with Gasteiger partial charge in [-0.2, -0.15) is 0 Å². The molecule has 3 N–H and O–H groups in total. The average Bonchev–Trinajstić information content (AvgIpc) is 3.14. The molecule has 0 aliphatic heterocycles. The molecule has 0 saturated carbocycles. The van der Waals surface area contributed by atoms with Crippen molar-refractivity contribution in [2.75, 3.05) is 26.4 Å². The first-order valence-electron chi connectivity index (χ1n) is 21.5. The normalized spacial score (nSPS) is 13.7. The molecule has 0 fully saturated rings. The molecule has 0 heterocycles. The lowest BCUT2D eigenvalue weighted by molar-refractivity contribution is -0.161. The highest BCUT2D eigenvalue weighted by molar-refractivity contribution is 7.47. The molecule has 10 heteroatoms. The Bertz CT molecular complexity index is 970. The highest BCUT2D eigenvalue weighted by atomic mass is 31.2. The molecule has 53 heavy (non-hydrogen) atoms. The first-order chi connectivity index (χ1) is 25.8. The van der Waals surface area contributed by atoms with E-state index in [0.29, 0.717) is 6.42 Å². The Labute approximate surface area is 324 Å². The number of carbonyl (C=O) groups is 2. The first-order valence-corrected chi connectivity index (χ1v) is 23.0. The average molecular weight is 770 g/mol. The number of allylic oxidation sites excluding steroid dienone is 6. The van der Waals surface area contributed by atoms with Crippen LogP contribution < -0.4 is 5.73 Å². The van der Waals surface area contributed by atoms with Gasteiger partial charge in [0.25, 0.3) is 0 Å². The van der Waals surface area contributed by atoms with Crippen LogP contribution in [0.5, 0.6) is 0 Å². The number of ether oxygens (including phenoxy) is 2. The van der Waals surface area contributed by atoms with E-state index in [1.165, 1.54) is 103 Å². The van der Waals surface area contributed by atoms with E-state index < -0.39 is 26.5 Å². The van der Waals surface area contributed by atoms with Crippen LogP contribution in [0.3, 0.4) is 0 Å². The largest absolute Gasteiger partial charge is 0.472 e. The lowest BCUT2D eigenvalue weighted by Gasteiger charge is -2.19. The van der Waals surface area contributed by atoms with Crippen molar-refractivity contribution in [3.63, 3.8) is 0 Å². The molecular formula is C43H80NO8P. The van der Waals surface area contributed by atoms with Crippen molar-refractivity contribution < 1.29 is 37.6 Å². The number of unbranched alkanes of at least 4 members (excludes halogenated alkanes) is 21. The van der Waals surface area contributed by atoms with Gasteiger partial charge in [0.2, 0.25) is 0 Å². The standard InChI is InChI=1S/C43H80NO8P/c1-3-5-7-9-11-13-15-17-18-19-20-21-22-24-25-27-29-31-33-35-42(45)49-39-41(40-51-53(47,48)50-38-37-44)52-43(46)36-34-32-30-28-26-23-16-14-12-10-8-6-4-2/h11,13,17-18,23,26,41H,3-10,12,14-16,19-22,24-25,27-40,44H2,1-2H3,(H,47,48)/b13-11+,18-17+,26-23+/t41-/m0/s1. The molecule has 0 aliphatic carbocycles. The van der Waals surface area contributed by atoms with E-state index >= 15 is 0 Å². The second-order valence-electron chi connectivity index (χ2n) is 14.2. The SMILES string of the molecule is CCCCC/C=C/C/C=C/CCCCCCCCCCCC(=O)OC[C@@H](COP(=O)(O)OCCN)OC(=O)CCCCC/C=C/CCCCCCCC. The van der Waals surface area contributed by atoms with E-state index in [0.717, 1.165) is 57.8 Å². The van der Waals surface area contributed by atoms with Crippen molar-refractivity contribution >= 4 is 19.8 Å². The van der Waals surface area contributed by atoms with Gasteiger partial charge in [0.1, 0.15) is 6.61 Å². The van der Waals surface area contributed by atoms with Gasteiger partial charge in [-0.05, 0) is 70.6 Å². The summed E-state index contributed by atoms with van der Waals surface area (Å²) >= 11 is 0. The highest BCUT2D eigenvalue weighted by Gasteiger charge is 2.26. The molecule has 0 aromatic rings. The molecule has 9 nitrogen and oxygen atoms in total. The molecule has 0 aromatic carbocycles. The summed E-state index contributed by atoms with van der Waals surface area (Å²) in [4.78, 5) is 34.8. The number of esters is 2. The van der Waals surface area contributed by atoms with Gasteiger partial charge in [0.15, 0.2) is 6.10 Å². The Morgan fingerprint density at radius 2 is 0.981 bits per heavy atom. The van der Waals surface area contributed by atoms with Crippen LogP contribution in [-0.4, -0.2) is 49.3 Å². The maximum Gasteiger partial charge on any atom is 0.472 e. The van der Waals surface area contributed by atoms with Gasteiger partial charge in [-0.15, -0.1) is 0 Å². The van der Waals surface area contributed by atoms with Gasteiger partial charge in [-0.3, -0.25) is 18.6 Å². The number of nitrogens with two attached hydrogens (primary N) is 1. The fourth-order valence-electron chi connectivity index (χ4n) is 5.78. The van der Waals surface area contributed by atoms with Gasteiger partial charge in [-0.1, -0.05) is 147 Å². The number of rotatable bonds is 40. The zero-order chi connectivity index (χ0) is 38.9. The van der Waals surface area contributed by atoms with Crippen LogP contribution >= 0.6 is 7.82 Å². The predicted molar refractivity (Wildman–Crippen MR) is 220 cm³/mol. The zero-order valence-corrected chi connectivity index (χ0v) is 34.9. The van der Waals surface area contributed by atoms with Crippen molar-refractivity contribution in [3.05, 3.63) is 36.5 Å². The predicted octanol–water partition coefficient (Wildman–Crippen LogP) is 12.2. The molecule has 0 aliphatic rings. The van der Waals surface area contributed by atoms with Crippen molar-refractivity contribution in [1.82, 2.24) is 0 Å². The third kappa shape index (κ3) is 39.7. The van der Waals surface area contributed by atoms with Crippen LogP contribution in [0.2, 0.25) is 0 Å². The van der Waals surface area contributed by atoms with Crippen LogP contribution in [0.15, 0.2) is 36.5 Å². The fraction of sp³-hybridized carbons (Fsp3) is 0.814. The van der Waals surface area contributed by atoms with Gasteiger partial charge in [0, 0.05) is 19.4 Å². The highest BCUT2D eigenvalue weighted by Crippen LogP contribution is 2.43. The molecule has 0 radical (unpaired) electrons. The van der Waals surface area contributed by atoms with Gasteiger partial charge in [-0.25, -0.2) is 4.57 Å². The summed E-state index contributed by atoms with van der Waals surface area (Å²) in [6, 6.07) is 0. The second kappa shape index (κ2) is 39.9. The number of hydrogen-bond acceptors (Lipinski definition) is 8. The minimum absolute atomic E-state index is 0.0504. The van der Waals surface area contributed by atoms with Gasteiger partial charge < -0.3 is 20.1 Å². The molecule has 1 unspecified atom stereocenters. The van der Waals surface area contributed by atoms with Crippen molar-refractivity contribution in [1.29, 1.82) is 0 Å². The first kappa shape index (κ1) is 51.2. The van der Waals surface area contributed by atoms with Gasteiger partial charge in [0.05, 0.1) is 13.2 Å². The number of phosphoric ester groups is 1. The van der Waals surface area contributed by atoms with E-state index in [2.05, 4.69) is 50.3 Å². The minimum Gasteiger partial charge on any atom is -0.462 e. The molecule has 0 spiro atoms. The van der Waals surface area contributed by atoms with Crippen LogP contribution in [0.1, 0.15) is 194 Å². The number of phosphoric acid groups is 1. The Hall–Kier alpha value is -1.77. The van der Waals surface area contributed by atoms with E-state index in [1.54, 1.807) is 0 Å². The third-order valence-electron chi connectivity index (χ3n) is 9.00. The van der Waals surface area contributed by atoms with E-state index in [9.17, 15) is 19.0 Å². The van der Waals surface area contributed by atoms with E-state index in [-0.39, 0.29) is 38.6 Å². The molecular weight excluding hydrogens is 689 g/mol. The topological polar surface area (TPSA) is 134 Å². The Morgan fingerprint density at radius 1 is 0.566 bits per heavy atom. The van der Waals surface area contributed by atoms with E-state index in [4.69, 9.17) is 24.3 Å². The Kier molecular flexibility index (Phi) is 38.6. The lowest BCUT2D eigenvalue weighted by atomic mass is 10.1. The van der Waals surface area contributed by atoms with E-state index in [1.807, 2.05) is 0 Å². The number of carbonyl (C=O) groups excluding carboxylic acids is 2. The summed E-state index contributed by atoms with van der Waals surface area (Å²) in [6.45, 7) is 3.68. The summed E-state index contributed by atoms with van der Waals surface area (Å²) in [5.41, 5.74) is 5.34. The molecule has 0 saturated heterocycles. The molecule has 0 aromatic heterocycles. The molecule has 310 valence electrons. The smallest absolute Gasteiger partial charge is 0.462 e. The molecule has 2 atom stereocenters. The molecule has 0 rings (SSSR count). The van der Waals surface area contributed by atoms with Crippen LogP contribution in [0.25, 0.3) is 0 Å². The van der Waals surface area contributed by atoms with Crippen molar-refractivity contribution in [2.45, 2.75) is 200 Å². The van der Waals surface area contributed by atoms with Gasteiger partial charge >= 0.3 is 19.8 Å². The summed E-state index contributed by atoms with van der Waals surface area (Å²) in [6.07, 6.45) is 43.1. The summed E-state index contributed by atoms with van der Waals surface area (Å²) in [7, 11) is -4.38. The quantitative estimate of drug-likeness (QED) is 0.0270. The van der Waals surface area contributed by atoms with Crippen LogP contribution in [0.4, 0.5) is 0 Å². The Balaban J connectivity index is 4.15. The maximum absolute atomic E-state index is 12.5. The van der Waals surface area contributed by atoms with Crippen molar-refractivity contribution in [2.24, 2.45) is 5.73 Å². The lowest BCUT2D eigenvalue weighted by Crippen LogP contribution is -2.29. The third-order valence-corrected chi connectivity index (χ3v) is 9.98. The number of hydrogen-bond donors (Lipinski definition) is 2. The molecule has 0 bridgehead atoms. The summed E-state index contributed by atoms with van der Waals surface area (Å²) < 4.78 is 32.7. The van der Waals surface area contributed by atoms with Crippen LogP contribution in [-0.2, 0) is 32.7 Å². The molecule has 0 amide bonds. The summed E-state index contributed by atoms with van der Waals surface area (Å²) in [5, 5.41) is 0. The Morgan fingerprint density at radius 3 is 1.51 bits per heavy atom. The summed E-state index contributed by atoms with van der Waals surface area (Å²) in [5.74, 6) is -0.851. The second-order valence-corrected chi connectivity index (χ2v) is 15.7. The fourth-order valence-corrected chi connectivity index (χ4v) is 6.54.